The standard InChI is InChI=1S/C66H37N3O4/c1-3-18-38(19-4-1)67(48-28-16-34-56-58(48)42-24-9-13-32-54(42)70-56)50-36-46-40-22-7-11-30-52(40)72-65(46)63-60(50)44-26-15-27-45-61-51(37-47-41-23-8-12-31-53(41)73-66(47)64(61)69(63)62(44)45)68(39-20-5-2-6-21-39)49-29-17-35-57-59(49)43-25-10-14-33-55(43)71-57/h1-37H. The molecule has 0 aliphatic carbocycles. The second kappa shape index (κ2) is 14.3. The molecule has 6 heterocycles. The van der Waals surface area contributed by atoms with Gasteiger partial charge in [-0.15, -0.1) is 0 Å². The predicted molar refractivity (Wildman–Crippen MR) is 300 cm³/mol. The number of hydrogen-bond acceptors (Lipinski definition) is 6. The van der Waals surface area contributed by atoms with Gasteiger partial charge in [-0.05, 0) is 84.9 Å². The molecular weight excluding hydrogens is 899 g/mol. The van der Waals surface area contributed by atoms with Crippen molar-refractivity contribution in [3.63, 3.8) is 0 Å². The third-order valence-corrected chi connectivity index (χ3v) is 15.2. The molecule has 6 aromatic heterocycles. The molecule has 17 aromatic rings. The van der Waals surface area contributed by atoms with Crippen molar-refractivity contribution >= 4 is 160 Å². The molecule has 7 nitrogen and oxygen atoms in total. The first-order chi connectivity index (χ1) is 36.2. The van der Waals surface area contributed by atoms with Crippen LogP contribution in [0.1, 0.15) is 0 Å². The van der Waals surface area contributed by atoms with E-state index in [4.69, 9.17) is 17.7 Å². The summed E-state index contributed by atoms with van der Waals surface area (Å²) in [5.74, 6) is 0. The second-order valence-corrected chi connectivity index (χ2v) is 19.1. The summed E-state index contributed by atoms with van der Waals surface area (Å²) in [6.07, 6.45) is 0. The Morgan fingerprint density at radius 2 is 0.603 bits per heavy atom. The van der Waals surface area contributed by atoms with Crippen molar-refractivity contribution in [3.05, 3.63) is 224 Å². The maximum atomic E-state index is 7.20. The highest BCUT2D eigenvalue weighted by molar-refractivity contribution is 6.36. The Kier molecular flexibility index (Phi) is 7.61. The lowest BCUT2D eigenvalue weighted by Gasteiger charge is -2.28. The van der Waals surface area contributed by atoms with Crippen LogP contribution in [-0.2, 0) is 0 Å². The highest BCUT2D eigenvalue weighted by atomic mass is 16.3. The summed E-state index contributed by atoms with van der Waals surface area (Å²) in [6, 6.07) is 79.1. The van der Waals surface area contributed by atoms with Gasteiger partial charge in [0.15, 0.2) is 11.2 Å². The molecule has 0 unspecified atom stereocenters. The van der Waals surface area contributed by atoms with E-state index in [9.17, 15) is 0 Å². The Morgan fingerprint density at radius 1 is 0.247 bits per heavy atom. The minimum atomic E-state index is 0.805. The molecule has 0 atom stereocenters. The van der Waals surface area contributed by atoms with E-state index in [2.05, 4.69) is 227 Å². The lowest BCUT2D eigenvalue weighted by molar-refractivity contribution is 0.668. The van der Waals surface area contributed by atoms with Crippen LogP contribution in [0.5, 0.6) is 0 Å². The number of hydrogen-bond donors (Lipinski definition) is 0. The zero-order valence-corrected chi connectivity index (χ0v) is 38.8. The van der Waals surface area contributed by atoms with Gasteiger partial charge in [-0.25, -0.2) is 0 Å². The number of para-hydroxylation sites is 7. The fourth-order valence-electron chi connectivity index (χ4n) is 12.3. The van der Waals surface area contributed by atoms with E-state index < -0.39 is 0 Å². The molecule has 73 heavy (non-hydrogen) atoms. The second-order valence-electron chi connectivity index (χ2n) is 19.1. The summed E-state index contributed by atoms with van der Waals surface area (Å²) in [5.41, 5.74) is 15.7. The van der Waals surface area contributed by atoms with Gasteiger partial charge in [0.05, 0.1) is 39.0 Å². The number of anilines is 6. The van der Waals surface area contributed by atoms with Gasteiger partial charge < -0.3 is 31.9 Å². The van der Waals surface area contributed by atoms with Crippen LogP contribution < -0.4 is 9.80 Å². The number of benzene rings is 11. The Bertz CT molecular complexity index is 4800. The van der Waals surface area contributed by atoms with E-state index in [0.717, 1.165) is 160 Å². The lowest BCUT2D eigenvalue weighted by Crippen LogP contribution is -2.11. The van der Waals surface area contributed by atoms with Crippen LogP contribution in [-0.4, -0.2) is 4.40 Å². The first kappa shape index (κ1) is 38.8. The topological polar surface area (TPSA) is 63.5 Å². The van der Waals surface area contributed by atoms with Crippen molar-refractivity contribution in [1.82, 2.24) is 4.40 Å². The Labute approximate surface area is 414 Å². The van der Waals surface area contributed by atoms with E-state index >= 15 is 0 Å². The third-order valence-electron chi connectivity index (χ3n) is 15.2. The van der Waals surface area contributed by atoms with Crippen molar-refractivity contribution < 1.29 is 17.7 Å². The van der Waals surface area contributed by atoms with Crippen molar-refractivity contribution in [2.45, 2.75) is 0 Å². The van der Waals surface area contributed by atoms with Crippen LogP contribution in [0.4, 0.5) is 34.1 Å². The van der Waals surface area contributed by atoms with Crippen LogP contribution >= 0.6 is 0 Å². The summed E-state index contributed by atoms with van der Waals surface area (Å²) < 4.78 is 30.0. The highest BCUT2D eigenvalue weighted by Gasteiger charge is 2.33. The molecule has 0 spiro atoms. The molecule has 0 saturated carbocycles. The first-order valence-corrected chi connectivity index (χ1v) is 24.7. The van der Waals surface area contributed by atoms with E-state index in [1.54, 1.807) is 0 Å². The largest absolute Gasteiger partial charge is 0.456 e. The van der Waals surface area contributed by atoms with E-state index in [0.29, 0.717) is 0 Å². The molecule has 0 radical (unpaired) electrons. The average molecular weight is 936 g/mol. The fraction of sp³-hybridized carbons (Fsp3) is 0. The summed E-state index contributed by atoms with van der Waals surface area (Å²) in [7, 11) is 0. The van der Waals surface area contributed by atoms with Crippen LogP contribution in [0.25, 0.3) is 126 Å². The van der Waals surface area contributed by atoms with Crippen molar-refractivity contribution in [1.29, 1.82) is 0 Å². The third kappa shape index (κ3) is 5.16. The average Bonchev–Trinajstić information content (AvgIpc) is 4.31. The van der Waals surface area contributed by atoms with Gasteiger partial charge in [0, 0.05) is 65.2 Å². The minimum Gasteiger partial charge on any atom is -0.456 e. The summed E-state index contributed by atoms with van der Waals surface area (Å²) in [6.45, 7) is 0. The summed E-state index contributed by atoms with van der Waals surface area (Å²) in [4.78, 5) is 4.85. The Morgan fingerprint density at radius 3 is 1.05 bits per heavy atom. The lowest BCUT2D eigenvalue weighted by atomic mass is 10.00. The van der Waals surface area contributed by atoms with Gasteiger partial charge in [-0.3, -0.25) is 0 Å². The monoisotopic (exact) mass is 935 g/mol. The number of rotatable bonds is 6. The van der Waals surface area contributed by atoms with Crippen molar-refractivity contribution in [2.24, 2.45) is 0 Å². The smallest absolute Gasteiger partial charge is 0.160 e. The number of nitrogens with zero attached hydrogens (tertiary/aromatic N) is 3. The molecule has 0 aliphatic rings. The van der Waals surface area contributed by atoms with Gasteiger partial charge in [-0.1, -0.05) is 140 Å². The van der Waals surface area contributed by atoms with Crippen molar-refractivity contribution in [2.75, 3.05) is 9.80 Å². The van der Waals surface area contributed by atoms with Gasteiger partial charge in [0.25, 0.3) is 0 Å². The number of fused-ring (bicyclic) bond motifs is 20. The van der Waals surface area contributed by atoms with Gasteiger partial charge in [-0.2, -0.15) is 0 Å². The number of aromatic nitrogens is 1. The maximum absolute atomic E-state index is 7.20. The predicted octanol–water partition coefficient (Wildman–Crippen LogP) is 19.4. The fourth-order valence-corrected chi connectivity index (χ4v) is 12.3. The zero-order valence-electron chi connectivity index (χ0n) is 38.8. The van der Waals surface area contributed by atoms with Crippen LogP contribution in [0, 0.1) is 0 Å². The van der Waals surface area contributed by atoms with Crippen LogP contribution in [0.15, 0.2) is 242 Å². The molecule has 11 aromatic carbocycles. The molecule has 0 amide bonds. The maximum Gasteiger partial charge on any atom is 0.160 e. The number of furan rings is 4. The molecule has 0 N–H and O–H groups in total. The van der Waals surface area contributed by atoms with E-state index in [-0.39, 0.29) is 0 Å². The molecule has 0 saturated heterocycles. The van der Waals surface area contributed by atoms with Gasteiger partial charge in [0.2, 0.25) is 0 Å². The van der Waals surface area contributed by atoms with Crippen molar-refractivity contribution in [3.8, 4) is 0 Å². The van der Waals surface area contributed by atoms with E-state index in [1.165, 1.54) is 0 Å². The minimum absolute atomic E-state index is 0.805. The Balaban J connectivity index is 1.09. The molecule has 0 bridgehead atoms. The summed E-state index contributed by atoms with van der Waals surface area (Å²) >= 11 is 0. The SMILES string of the molecule is c1ccc(N(c2cccc3oc4ccccc4c23)c2cc3c4ccccc4oc3c3c2c2cccc4c5c(N(c6ccccc6)c6cccc7oc8ccccc8c67)cc6c7ccccc7oc6c5n3c24)cc1. The van der Waals surface area contributed by atoms with Gasteiger partial charge >= 0.3 is 0 Å². The van der Waals surface area contributed by atoms with Gasteiger partial charge in [0.1, 0.15) is 44.5 Å². The highest BCUT2D eigenvalue weighted by Crippen LogP contribution is 2.56. The molecule has 17 rings (SSSR count). The molecular formula is C66H37N3O4. The normalized spacial score (nSPS) is 12.4. The quantitative estimate of drug-likeness (QED) is 0.166. The van der Waals surface area contributed by atoms with E-state index in [1.807, 2.05) is 12.1 Å². The first-order valence-electron chi connectivity index (χ1n) is 24.7. The summed E-state index contributed by atoms with van der Waals surface area (Å²) in [5, 5.41) is 12.6. The molecule has 340 valence electrons. The van der Waals surface area contributed by atoms with Crippen LogP contribution in [0.3, 0.4) is 0 Å². The molecule has 0 fully saturated rings. The zero-order chi connectivity index (χ0) is 47.5. The molecule has 0 aliphatic heterocycles. The van der Waals surface area contributed by atoms with Crippen LogP contribution in [0.2, 0.25) is 0 Å². The molecule has 7 heteroatoms. The Hall–Kier alpha value is -9.98.